The maximum Gasteiger partial charge on any atom is 0.150 e. The Labute approximate surface area is 107 Å². The van der Waals surface area contributed by atoms with Gasteiger partial charge < -0.3 is 0 Å². The Hall–Kier alpha value is -1.89. The molecule has 18 heavy (non-hydrogen) atoms. The van der Waals surface area contributed by atoms with E-state index in [1.165, 1.54) is 30.4 Å². The average molecular weight is 236 g/mol. The van der Waals surface area contributed by atoms with Crippen LogP contribution >= 0.6 is 0 Å². The summed E-state index contributed by atoms with van der Waals surface area (Å²) >= 11 is 0. The molecule has 0 aliphatic heterocycles. The molecule has 0 N–H and O–H groups in total. The maximum absolute atomic E-state index is 11.3. The summed E-state index contributed by atoms with van der Waals surface area (Å²) < 4.78 is 0. The van der Waals surface area contributed by atoms with Crippen LogP contribution in [0.5, 0.6) is 0 Å². The van der Waals surface area contributed by atoms with Crippen molar-refractivity contribution in [3.05, 3.63) is 59.7 Å². The lowest BCUT2D eigenvalue weighted by Crippen LogP contribution is -2.11. The highest BCUT2D eigenvalue weighted by atomic mass is 16.1. The topological polar surface area (TPSA) is 17.1 Å². The smallest absolute Gasteiger partial charge is 0.150 e. The number of aldehydes is 1. The van der Waals surface area contributed by atoms with E-state index in [0.717, 1.165) is 17.4 Å². The zero-order valence-corrected chi connectivity index (χ0v) is 10.3. The monoisotopic (exact) mass is 236 g/mol. The molecule has 0 radical (unpaired) electrons. The van der Waals surface area contributed by atoms with Crippen molar-refractivity contribution in [1.29, 1.82) is 0 Å². The van der Waals surface area contributed by atoms with Gasteiger partial charge in [-0.3, -0.25) is 4.79 Å². The van der Waals surface area contributed by atoms with Gasteiger partial charge in [-0.2, -0.15) is 0 Å². The lowest BCUT2D eigenvalue weighted by atomic mass is 9.78. The summed E-state index contributed by atoms with van der Waals surface area (Å²) in [7, 11) is 0. The van der Waals surface area contributed by atoms with E-state index in [9.17, 15) is 4.79 Å². The van der Waals surface area contributed by atoms with Crippen molar-refractivity contribution in [1.82, 2.24) is 0 Å². The van der Waals surface area contributed by atoms with Gasteiger partial charge >= 0.3 is 0 Å². The zero-order chi connectivity index (χ0) is 12.4. The third-order valence-electron chi connectivity index (χ3n) is 3.87. The fraction of sp³-hybridized carbons (Fsp3) is 0.235. The molecule has 0 amide bonds. The molecule has 0 aromatic heterocycles. The predicted octanol–water partition coefficient (Wildman–Crippen LogP) is 4.43. The Bertz CT molecular complexity index is 553. The molecule has 90 valence electrons. The van der Waals surface area contributed by atoms with Crippen molar-refractivity contribution in [3.8, 4) is 11.1 Å². The van der Waals surface area contributed by atoms with E-state index in [2.05, 4.69) is 24.3 Å². The van der Waals surface area contributed by atoms with Crippen LogP contribution < -0.4 is 0 Å². The van der Waals surface area contributed by atoms with Crippen LogP contribution in [0.4, 0.5) is 0 Å². The molecule has 2 aromatic carbocycles. The number of carbonyl (C=O) groups excluding carboxylic acids is 1. The number of carbonyl (C=O) groups is 1. The summed E-state index contributed by atoms with van der Waals surface area (Å²) in [5, 5.41) is 0. The van der Waals surface area contributed by atoms with Crippen molar-refractivity contribution >= 4 is 6.29 Å². The highest BCUT2D eigenvalue weighted by Gasteiger charge is 2.22. The first kappa shape index (κ1) is 11.2. The number of hydrogen-bond donors (Lipinski definition) is 0. The normalized spacial score (nSPS) is 15.1. The lowest BCUT2D eigenvalue weighted by molar-refractivity contribution is 0.112. The summed E-state index contributed by atoms with van der Waals surface area (Å²) in [5.74, 6) is 0.607. The molecule has 1 aliphatic rings. The fourth-order valence-electron chi connectivity index (χ4n) is 2.58. The van der Waals surface area contributed by atoms with Gasteiger partial charge in [-0.15, -0.1) is 0 Å². The molecule has 0 spiro atoms. The minimum atomic E-state index is 0.607. The van der Waals surface area contributed by atoms with Crippen LogP contribution in [0.3, 0.4) is 0 Å². The van der Waals surface area contributed by atoms with Gasteiger partial charge in [0.15, 0.2) is 0 Å². The molecule has 2 aromatic rings. The molecular formula is C17H16O. The van der Waals surface area contributed by atoms with E-state index in [4.69, 9.17) is 0 Å². The second kappa shape index (κ2) is 4.77. The zero-order valence-electron chi connectivity index (χ0n) is 10.3. The summed E-state index contributed by atoms with van der Waals surface area (Å²) in [6.07, 6.45) is 4.75. The van der Waals surface area contributed by atoms with Crippen molar-refractivity contribution in [2.24, 2.45) is 0 Å². The van der Waals surface area contributed by atoms with Gasteiger partial charge in [0.25, 0.3) is 0 Å². The highest BCUT2D eigenvalue weighted by Crippen LogP contribution is 2.38. The van der Waals surface area contributed by atoms with E-state index < -0.39 is 0 Å². The Morgan fingerprint density at radius 2 is 1.72 bits per heavy atom. The first-order chi connectivity index (χ1) is 8.88. The van der Waals surface area contributed by atoms with Crippen LogP contribution in [0.1, 0.15) is 41.1 Å². The Morgan fingerprint density at radius 3 is 2.33 bits per heavy atom. The molecule has 0 saturated heterocycles. The third-order valence-corrected chi connectivity index (χ3v) is 3.87. The van der Waals surface area contributed by atoms with Crippen LogP contribution in [-0.4, -0.2) is 6.29 Å². The molecule has 0 heterocycles. The lowest BCUT2D eigenvalue weighted by Gasteiger charge is -2.27. The molecule has 1 saturated carbocycles. The highest BCUT2D eigenvalue weighted by molar-refractivity contribution is 5.81. The Balaban J connectivity index is 2.01. The van der Waals surface area contributed by atoms with Crippen molar-refractivity contribution in [3.63, 3.8) is 0 Å². The summed E-state index contributed by atoms with van der Waals surface area (Å²) in [6.45, 7) is 0. The number of hydrogen-bond acceptors (Lipinski definition) is 1. The molecule has 0 atom stereocenters. The van der Waals surface area contributed by atoms with Gasteiger partial charge in [0.2, 0.25) is 0 Å². The fourth-order valence-corrected chi connectivity index (χ4v) is 2.58. The number of benzene rings is 2. The minimum Gasteiger partial charge on any atom is -0.298 e. The molecule has 0 bridgehead atoms. The van der Waals surface area contributed by atoms with Gasteiger partial charge in [0.05, 0.1) is 0 Å². The quantitative estimate of drug-likeness (QED) is 0.720. The average Bonchev–Trinajstić information content (AvgIpc) is 2.38. The van der Waals surface area contributed by atoms with Crippen molar-refractivity contribution in [2.75, 3.05) is 0 Å². The maximum atomic E-state index is 11.3. The predicted molar refractivity (Wildman–Crippen MR) is 73.9 cm³/mol. The Kier molecular flexibility index (Phi) is 2.97. The summed E-state index contributed by atoms with van der Waals surface area (Å²) in [4.78, 5) is 11.3. The van der Waals surface area contributed by atoms with E-state index in [1.807, 2.05) is 24.3 Å². The van der Waals surface area contributed by atoms with Crippen LogP contribution in [0, 0.1) is 0 Å². The molecule has 1 heteroatoms. The molecule has 3 rings (SSSR count). The third kappa shape index (κ3) is 1.97. The van der Waals surface area contributed by atoms with Crippen LogP contribution in [-0.2, 0) is 0 Å². The van der Waals surface area contributed by atoms with Gasteiger partial charge in [0, 0.05) is 5.56 Å². The van der Waals surface area contributed by atoms with Gasteiger partial charge in [0.1, 0.15) is 6.29 Å². The largest absolute Gasteiger partial charge is 0.298 e. The van der Waals surface area contributed by atoms with E-state index in [0.29, 0.717) is 5.92 Å². The van der Waals surface area contributed by atoms with E-state index in [-0.39, 0.29) is 0 Å². The Morgan fingerprint density at radius 1 is 0.944 bits per heavy atom. The van der Waals surface area contributed by atoms with Crippen molar-refractivity contribution < 1.29 is 4.79 Å². The van der Waals surface area contributed by atoms with Crippen molar-refractivity contribution in [2.45, 2.75) is 25.2 Å². The van der Waals surface area contributed by atoms with Gasteiger partial charge in [-0.25, -0.2) is 0 Å². The van der Waals surface area contributed by atoms with Gasteiger partial charge in [-0.1, -0.05) is 48.9 Å². The molecular weight excluding hydrogens is 220 g/mol. The SMILES string of the molecule is O=Cc1cc(-c2ccccc2)ccc1C1CCC1. The molecule has 0 unspecified atom stereocenters. The molecule has 1 nitrogen and oxygen atoms in total. The standard InChI is InChI=1S/C17H16O/c18-12-16-11-15(13-5-2-1-3-6-13)9-10-17(16)14-7-4-8-14/h1-3,5-6,9-12,14H,4,7-8H2. The van der Waals surface area contributed by atoms with Crippen LogP contribution in [0.25, 0.3) is 11.1 Å². The second-order valence-corrected chi connectivity index (χ2v) is 4.96. The molecule has 1 aliphatic carbocycles. The first-order valence-corrected chi connectivity index (χ1v) is 6.53. The summed E-state index contributed by atoms with van der Waals surface area (Å²) in [6, 6.07) is 16.5. The van der Waals surface area contributed by atoms with E-state index >= 15 is 0 Å². The molecule has 1 fully saturated rings. The van der Waals surface area contributed by atoms with Crippen LogP contribution in [0.15, 0.2) is 48.5 Å². The minimum absolute atomic E-state index is 0.607. The number of rotatable bonds is 3. The van der Waals surface area contributed by atoms with Gasteiger partial charge in [-0.05, 0) is 41.5 Å². The van der Waals surface area contributed by atoms with Crippen LogP contribution in [0.2, 0.25) is 0 Å². The first-order valence-electron chi connectivity index (χ1n) is 6.53. The second-order valence-electron chi connectivity index (χ2n) is 4.96. The summed E-state index contributed by atoms with van der Waals surface area (Å²) in [5.41, 5.74) is 4.39. The van der Waals surface area contributed by atoms with E-state index in [1.54, 1.807) is 0 Å².